The highest BCUT2D eigenvalue weighted by Gasteiger charge is 2.28. The number of carbonyl (C=O) groups is 1. The fourth-order valence-corrected chi connectivity index (χ4v) is 3.99. The van der Waals surface area contributed by atoms with E-state index in [-0.39, 0.29) is 5.91 Å². The van der Waals surface area contributed by atoms with Gasteiger partial charge in [-0.2, -0.15) is 5.10 Å². The van der Waals surface area contributed by atoms with Crippen molar-refractivity contribution in [2.75, 3.05) is 24.5 Å². The average molecular weight is 324 g/mol. The fourth-order valence-electron chi connectivity index (χ4n) is 3.99. The summed E-state index contributed by atoms with van der Waals surface area (Å²) in [5, 5.41) is 4.31. The first kappa shape index (κ1) is 15.4. The van der Waals surface area contributed by atoms with Gasteiger partial charge < -0.3 is 4.90 Å². The number of rotatable bonds is 5. The summed E-state index contributed by atoms with van der Waals surface area (Å²) >= 11 is 0. The lowest BCUT2D eigenvalue weighted by Gasteiger charge is -2.25. The monoisotopic (exact) mass is 324 g/mol. The summed E-state index contributed by atoms with van der Waals surface area (Å²) in [7, 11) is 0. The predicted molar refractivity (Wildman–Crippen MR) is 93.9 cm³/mol. The summed E-state index contributed by atoms with van der Waals surface area (Å²) in [5.74, 6) is 0.254. The normalized spacial score (nSPS) is 20.5. The summed E-state index contributed by atoms with van der Waals surface area (Å²) in [6, 6.07) is 10.7. The summed E-state index contributed by atoms with van der Waals surface area (Å²) in [6.45, 7) is 3.70. The van der Waals surface area contributed by atoms with Crippen molar-refractivity contribution < 1.29 is 4.79 Å². The summed E-state index contributed by atoms with van der Waals surface area (Å²) in [6.07, 6.45) is 7.83. The number of aromatic nitrogens is 2. The molecule has 2 aliphatic rings. The van der Waals surface area contributed by atoms with Gasteiger partial charge in [0.05, 0.1) is 6.54 Å². The van der Waals surface area contributed by atoms with Gasteiger partial charge in [-0.15, -0.1) is 0 Å². The van der Waals surface area contributed by atoms with Crippen LogP contribution in [-0.2, 0) is 17.8 Å². The predicted octanol–water partition coefficient (Wildman–Crippen LogP) is 2.33. The van der Waals surface area contributed by atoms with E-state index in [4.69, 9.17) is 0 Å². The van der Waals surface area contributed by atoms with Gasteiger partial charge in [-0.25, -0.2) is 0 Å². The maximum atomic E-state index is 12.7. The SMILES string of the molecule is O=C(CCN1CCC[C@H]1Cn1cccn1)N1CCc2ccccc21. The van der Waals surface area contributed by atoms with Crippen molar-refractivity contribution in [1.29, 1.82) is 0 Å². The van der Waals surface area contributed by atoms with Crippen molar-refractivity contribution in [3.8, 4) is 0 Å². The Balaban J connectivity index is 1.34. The zero-order valence-corrected chi connectivity index (χ0v) is 14.0. The highest BCUT2D eigenvalue weighted by Crippen LogP contribution is 2.28. The molecule has 24 heavy (non-hydrogen) atoms. The topological polar surface area (TPSA) is 41.4 Å². The molecule has 1 fully saturated rings. The quantitative estimate of drug-likeness (QED) is 0.847. The van der Waals surface area contributed by atoms with Gasteiger partial charge in [0.1, 0.15) is 0 Å². The number of hydrogen-bond donors (Lipinski definition) is 0. The van der Waals surface area contributed by atoms with Gasteiger partial charge in [-0.05, 0) is 43.5 Å². The summed E-state index contributed by atoms with van der Waals surface area (Å²) < 4.78 is 2.00. The van der Waals surface area contributed by atoms with Crippen LogP contribution in [0.15, 0.2) is 42.7 Å². The number of likely N-dealkylation sites (tertiary alicyclic amines) is 1. The Morgan fingerprint density at radius 1 is 1.21 bits per heavy atom. The van der Waals surface area contributed by atoms with Crippen LogP contribution in [0.3, 0.4) is 0 Å². The van der Waals surface area contributed by atoms with Crippen LogP contribution in [0.1, 0.15) is 24.8 Å². The molecule has 0 bridgehead atoms. The van der Waals surface area contributed by atoms with Gasteiger partial charge in [0, 0.05) is 43.6 Å². The van der Waals surface area contributed by atoms with Crippen LogP contribution in [-0.4, -0.2) is 46.3 Å². The molecule has 2 aromatic rings. The van der Waals surface area contributed by atoms with Crippen LogP contribution in [0.25, 0.3) is 0 Å². The molecule has 0 radical (unpaired) electrons. The van der Waals surface area contributed by atoms with E-state index < -0.39 is 0 Å². The molecular weight excluding hydrogens is 300 g/mol. The molecule has 5 heteroatoms. The number of para-hydroxylation sites is 1. The minimum atomic E-state index is 0.254. The lowest BCUT2D eigenvalue weighted by Crippen LogP contribution is -2.37. The zero-order valence-electron chi connectivity index (χ0n) is 14.0. The fraction of sp³-hybridized carbons (Fsp3) is 0.474. The molecule has 0 N–H and O–H groups in total. The first-order valence-corrected chi connectivity index (χ1v) is 8.91. The Bertz CT molecular complexity index is 697. The molecule has 1 saturated heterocycles. The molecule has 0 spiro atoms. The molecule has 1 aromatic carbocycles. The largest absolute Gasteiger partial charge is 0.312 e. The maximum absolute atomic E-state index is 12.7. The Morgan fingerprint density at radius 2 is 2.12 bits per heavy atom. The Morgan fingerprint density at radius 3 is 3.00 bits per heavy atom. The first-order valence-electron chi connectivity index (χ1n) is 8.91. The van der Waals surface area contributed by atoms with E-state index in [1.54, 1.807) is 0 Å². The molecule has 0 aliphatic carbocycles. The Labute approximate surface area is 142 Å². The molecule has 4 rings (SSSR count). The standard InChI is InChI=1S/C19H24N4O/c24-19(23-14-8-16-5-1-2-7-18(16)23)9-13-21-11-3-6-17(21)15-22-12-4-10-20-22/h1-2,4-5,7,10,12,17H,3,6,8-9,11,13-15H2/t17-/m0/s1. The van der Waals surface area contributed by atoms with Crippen LogP contribution in [0.5, 0.6) is 0 Å². The van der Waals surface area contributed by atoms with Gasteiger partial charge in [0.2, 0.25) is 5.91 Å². The molecule has 1 aromatic heterocycles. The molecule has 3 heterocycles. The lowest BCUT2D eigenvalue weighted by atomic mass is 10.2. The van der Waals surface area contributed by atoms with Crippen molar-refractivity contribution in [1.82, 2.24) is 14.7 Å². The second-order valence-corrected chi connectivity index (χ2v) is 6.73. The van der Waals surface area contributed by atoms with E-state index in [2.05, 4.69) is 28.2 Å². The number of benzene rings is 1. The van der Waals surface area contributed by atoms with Crippen LogP contribution in [0.4, 0.5) is 5.69 Å². The molecular formula is C19H24N4O. The number of hydrogen-bond acceptors (Lipinski definition) is 3. The van der Waals surface area contributed by atoms with E-state index in [0.29, 0.717) is 12.5 Å². The third-order valence-electron chi connectivity index (χ3n) is 5.26. The minimum absolute atomic E-state index is 0.254. The second-order valence-electron chi connectivity index (χ2n) is 6.73. The van der Waals surface area contributed by atoms with Crippen LogP contribution in [0.2, 0.25) is 0 Å². The first-order chi connectivity index (χ1) is 11.8. The molecule has 2 aliphatic heterocycles. The third-order valence-corrected chi connectivity index (χ3v) is 5.26. The van der Waals surface area contributed by atoms with Crippen LogP contribution >= 0.6 is 0 Å². The van der Waals surface area contributed by atoms with Gasteiger partial charge in [-0.1, -0.05) is 18.2 Å². The lowest BCUT2D eigenvalue weighted by molar-refractivity contribution is -0.118. The van der Waals surface area contributed by atoms with Crippen molar-refractivity contribution in [2.45, 2.75) is 38.3 Å². The third kappa shape index (κ3) is 3.08. The van der Waals surface area contributed by atoms with Gasteiger partial charge in [-0.3, -0.25) is 14.4 Å². The molecule has 0 saturated carbocycles. The second kappa shape index (κ2) is 6.77. The molecule has 1 atom stereocenters. The van der Waals surface area contributed by atoms with Gasteiger partial charge in [0.25, 0.3) is 0 Å². The number of anilines is 1. The highest BCUT2D eigenvalue weighted by molar-refractivity contribution is 5.95. The van der Waals surface area contributed by atoms with Crippen molar-refractivity contribution in [3.05, 3.63) is 48.3 Å². The van der Waals surface area contributed by atoms with Crippen molar-refractivity contribution in [3.63, 3.8) is 0 Å². The number of nitrogens with zero attached hydrogens (tertiary/aromatic N) is 4. The zero-order chi connectivity index (χ0) is 16.4. The number of carbonyl (C=O) groups excluding carboxylic acids is 1. The molecule has 1 amide bonds. The Kier molecular flexibility index (Phi) is 4.34. The van der Waals surface area contributed by atoms with E-state index in [1.807, 2.05) is 34.1 Å². The molecule has 5 nitrogen and oxygen atoms in total. The molecule has 126 valence electrons. The molecule has 0 unspecified atom stereocenters. The smallest absolute Gasteiger partial charge is 0.228 e. The summed E-state index contributed by atoms with van der Waals surface area (Å²) in [4.78, 5) is 17.1. The van der Waals surface area contributed by atoms with Gasteiger partial charge >= 0.3 is 0 Å². The van der Waals surface area contributed by atoms with Crippen molar-refractivity contribution >= 4 is 11.6 Å². The summed E-state index contributed by atoms with van der Waals surface area (Å²) in [5.41, 5.74) is 2.40. The highest BCUT2D eigenvalue weighted by atomic mass is 16.2. The minimum Gasteiger partial charge on any atom is -0.312 e. The Hall–Kier alpha value is -2.14. The number of fused-ring (bicyclic) bond motifs is 1. The van der Waals surface area contributed by atoms with Crippen LogP contribution in [0, 0.1) is 0 Å². The van der Waals surface area contributed by atoms with E-state index in [0.717, 1.165) is 38.3 Å². The average Bonchev–Trinajstić information content (AvgIpc) is 3.34. The van der Waals surface area contributed by atoms with Crippen LogP contribution < -0.4 is 4.90 Å². The van der Waals surface area contributed by atoms with E-state index >= 15 is 0 Å². The maximum Gasteiger partial charge on any atom is 0.228 e. The number of amides is 1. The van der Waals surface area contributed by atoms with E-state index in [1.165, 1.54) is 18.4 Å². The van der Waals surface area contributed by atoms with E-state index in [9.17, 15) is 4.79 Å². The van der Waals surface area contributed by atoms with Gasteiger partial charge in [0.15, 0.2) is 0 Å². The van der Waals surface area contributed by atoms with Crippen molar-refractivity contribution in [2.24, 2.45) is 0 Å².